The number of rotatable bonds is 17. The smallest absolute Gasteiger partial charge is 0.332 e. The topological polar surface area (TPSA) is 223 Å². The van der Waals surface area contributed by atoms with E-state index in [1.54, 1.807) is 57.8 Å². The van der Waals surface area contributed by atoms with Gasteiger partial charge in [0.1, 0.15) is 16.8 Å². The normalized spacial score (nSPS) is 15.6. The van der Waals surface area contributed by atoms with Crippen molar-refractivity contribution in [2.24, 2.45) is 0 Å². The lowest BCUT2D eigenvalue weighted by Crippen LogP contribution is -2.41. The molecule has 8 aromatic heterocycles. The standard InChI is InChI=1S/C27H30ClFN6O4.C19H16Cl2N6O2.C8H15BrO2/c1-17(2)35-25-22(26(36)33(27(35)37)12-6-14-39-21-8-3-4-13-38-21)34(16-19-10-9-18(28)15-31-19)24(32-25)20-7-5-11-30-23(20)29;1-10(2)27-17-14(18(28)25-19(27)29)26(9-12-6-5-11(20)8-23-12)16(24-17)13-4-3-7-22-15(13)21;9-5-3-7-11-8-4-1-2-6-10-8/h5,7,9-11,15,17,21H,3-4,6,8,12-14,16H2,1-2H3;3-8,10H,9H2,1-2H3,(H,25,28,29);8H,1-7H2. The molecule has 0 saturated carbocycles. The minimum absolute atomic E-state index is 0.0859. The van der Waals surface area contributed by atoms with E-state index >= 15 is 0 Å². The van der Waals surface area contributed by atoms with Crippen LogP contribution in [-0.4, -0.2) is 102 Å². The molecule has 0 aromatic carbocycles. The average Bonchev–Trinajstić information content (AvgIpc) is 4.03. The van der Waals surface area contributed by atoms with Gasteiger partial charge >= 0.3 is 11.4 Å². The quantitative estimate of drug-likeness (QED) is 0.0509. The minimum Gasteiger partial charge on any atom is -0.353 e. The maximum absolute atomic E-state index is 14.9. The van der Waals surface area contributed by atoms with Gasteiger partial charge in [0.25, 0.3) is 11.1 Å². The molecule has 79 heavy (non-hydrogen) atoms. The van der Waals surface area contributed by atoms with Gasteiger partial charge in [-0.05, 0) is 128 Å². The van der Waals surface area contributed by atoms with E-state index < -0.39 is 28.4 Å². The van der Waals surface area contributed by atoms with Gasteiger partial charge in [0.2, 0.25) is 5.95 Å². The summed E-state index contributed by atoms with van der Waals surface area (Å²) in [5.74, 6) is -0.145. The number of H-pyrrole nitrogens is 1. The summed E-state index contributed by atoms with van der Waals surface area (Å²) in [7, 11) is 0. The van der Waals surface area contributed by atoms with E-state index in [-0.39, 0.29) is 83.2 Å². The second-order valence-electron chi connectivity index (χ2n) is 19.2. The molecule has 2 unspecified atom stereocenters. The van der Waals surface area contributed by atoms with E-state index in [9.17, 15) is 23.6 Å². The summed E-state index contributed by atoms with van der Waals surface area (Å²) in [6, 6.07) is 13.0. The van der Waals surface area contributed by atoms with E-state index in [0.29, 0.717) is 52.5 Å². The number of nitrogens with one attached hydrogen (secondary N) is 1. The minimum atomic E-state index is -0.737. The molecule has 1 N–H and O–H groups in total. The first kappa shape index (κ1) is 59.1. The van der Waals surface area contributed by atoms with Crippen LogP contribution < -0.4 is 22.5 Å². The van der Waals surface area contributed by atoms with Crippen molar-refractivity contribution >= 4 is 73.1 Å². The zero-order valence-corrected chi connectivity index (χ0v) is 48.0. The van der Waals surface area contributed by atoms with Gasteiger partial charge < -0.3 is 28.1 Å². The Balaban J connectivity index is 0.000000179. The van der Waals surface area contributed by atoms with Crippen LogP contribution in [0.1, 0.15) is 103 Å². The third kappa shape index (κ3) is 14.5. The Kier molecular flexibility index (Phi) is 20.9. The molecule has 10 rings (SSSR count). The number of aromatic nitrogens is 12. The van der Waals surface area contributed by atoms with Gasteiger partial charge in [-0.25, -0.2) is 29.5 Å². The van der Waals surface area contributed by atoms with Crippen molar-refractivity contribution < 1.29 is 23.3 Å². The summed E-state index contributed by atoms with van der Waals surface area (Å²) >= 11 is 21.6. The van der Waals surface area contributed by atoms with Crippen LogP contribution in [0.2, 0.25) is 15.2 Å². The van der Waals surface area contributed by atoms with E-state index in [1.165, 1.54) is 51.2 Å². The first-order valence-corrected chi connectivity index (χ1v) is 28.4. The Morgan fingerprint density at radius 3 is 1.75 bits per heavy atom. The molecule has 25 heteroatoms. The fraction of sp³-hybridized carbons (Fsp3) is 0.444. The Bertz CT molecular complexity index is 3580. The molecule has 0 spiro atoms. The number of pyridine rings is 4. The van der Waals surface area contributed by atoms with E-state index in [2.05, 4.69) is 50.8 Å². The molecule has 0 aliphatic carbocycles. The first-order valence-electron chi connectivity index (χ1n) is 26.1. The van der Waals surface area contributed by atoms with E-state index in [0.717, 1.165) is 50.6 Å². The Hall–Kier alpha value is -5.98. The summed E-state index contributed by atoms with van der Waals surface area (Å²) in [4.78, 5) is 80.8. The molecule has 0 radical (unpaired) electrons. The van der Waals surface area contributed by atoms with Crippen LogP contribution in [0.25, 0.3) is 45.1 Å². The summed E-state index contributed by atoms with van der Waals surface area (Å²) in [6.45, 7) is 10.5. The second-order valence-corrected chi connectivity index (χ2v) is 21.2. The Morgan fingerprint density at radius 1 is 0.684 bits per heavy atom. The predicted octanol–water partition coefficient (Wildman–Crippen LogP) is 9.77. The van der Waals surface area contributed by atoms with E-state index in [4.69, 9.17) is 53.8 Å². The van der Waals surface area contributed by atoms with Gasteiger partial charge in [0.05, 0.1) is 58.9 Å². The van der Waals surface area contributed by atoms with Gasteiger partial charge in [-0.2, -0.15) is 4.39 Å². The molecule has 2 atom stereocenters. The number of halogens is 5. The highest BCUT2D eigenvalue weighted by Gasteiger charge is 2.27. The molecule has 2 fully saturated rings. The molecule has 420 valence electrons. The van der Waals surface area contributed by atoms with Crippen LogP contribution in [0.5, 0.6) is 0 Å². The van der Waals surface area contributed by atoms with Crippen LogP contribution in [0.4, 0.5) is 4.39 Å². The van der Waals surface area contributed by atoms with Crippen LogP contribution in [0.15, 0.2) is 92.5 Å². The SMILES string of the molecule is BrCCCOC1CCCCO1.CC(C)n1c(=O)[nH]c(=O)c2c1nc(-c1cccnc1Cl)n2Cc1ccc(Cl)cn1.CC(C)n1c(=O)n(CCCOC2CCCCO2)c(=O)c2c1nc(-c1cccnc1F)n2Cc1ccc(Cl)cn1. The molecular weight excluding hydrogens is 1150 g/mol. The number of fused-ring (bicyclic) bond motifs is 2. The highest BCUT2D eigenvalue weighted by molar-refractivity contribution is 9.09. The van der Waals surface area contributed by atoms with Crippen molar-refractivity contribution in [2.45, 2.75) is 123 Å². The van der Waals surface area contributed by atoms with Gasteiger partial charge in [-0.1, -0.05) is 50.7 Å². The Morgan fingerprint density at radius 2 is 1.23 bits per heavy atom. The molecule has 2 saturated heterocycles. The molecule has 0 bridgehead atoms. The number of imidazole rings is 2. The summed E-state index contributed by atoms with van der Waals surface area (Å²) < 4.78 is 44.5. The number of nitrogens with zero attached hydrogens (tertiary/aromatic N) is 11. The van der Waals surface area contributed by atoms with Gasteiger partial charge in [0.15, 0.2) is 34.9 Å². The highest BCUT2D eigenvalue weighted by atomic mass is 79.9. The van der Waals surface area contributed by atoms with Gasteiger partial charge in [-0.15, -0.1) is 0 Å². The molecule has 10 heterocycles. The molecule has 8 aromatic rings. The fourth-order valence-corrected chi connectivity index (χ4v) is 9.74. The first-order chi connectivity index (χ1) is 38.1. The lowest BCUT2D eigenvalue weighted by Gasteiger charge is -2.22. The van der Waals surface area contributed by atoms with Crippen molar-refractivity contribution in [1.82, 2.24) is 57.7 Å². The van der Waals surface area contributed by atoms with Crippen LogP contribution >= 0.6 is 50.7 Å². The zero-order chi connectivity index (χ0) is 56.2. The van der Waals surface area contributed by atoms with E-state index in [1.807, 2.05) is 27.7 Å². The van der Waals surface area contributed by atoms with Crippen LogP contribution in [-0.2, 0) is 38.6 Å². The predicted molar refractivity (Wildman–Crippen MR) is 304 cm³/mol. The maximum Gasteiger partial charge on any atom is 0.332 e. The average molecular weight is 1210 g/mol. The molecule has 0 amide bonds. The van der Waals surface area contributed by atoms with Crippen molar-refractivity contribution in [3.05, 3.63) is 148 Å². The number of hydrogen-bond acceptors (Lipinski definition) is 14. The van der Waals surface area contributed by atoms with Crippen molar-refractivity contribution in [3.63, 3.8) is 0 Å². The van der Waals surface area contributed by atoms with Crippen LogP contribution in [0.3, 0.4) is 0 Å². The molecule has 2 aliphatic rings. The number of aromatic amines is 1. The number of alkyl halides is 1. The largest absolute Gasteiger partial charge is 0.353 e. The van der Waals surface area contributed by atoms with Crippen LogP contribution in [0, 0.1) is 5.95 Å². The maximum atomic E-state index is 14.9. The second kappa shape index (κ2) is 27.9. The van der Waals surface area contributed by atoms with Crippen molar-refractivity contribution in [3.8, 4) is 22.8 Å². The van der Waals surface area contributed by atoms with Crippen molar-refractivity contribution in [1.29, 1.82) is 0 Å². The lowest BCUT2D eigenvalue weighted by atomic mass is 10.2. The molecular formula is C54H61BrCl3FN12O8. The van der Waals surface area contributed by atoms with Crippen molar-refractivity contribution in [2.75, 3.05) is 31.8 Å². The summed E-state index contributed by atoms with van der Waals surface area (Å²) in [5.41, 5.74) is 0.730. The summed E-state index contributed by atoms with van der Waals surface area (Å²) in [6.07, 6.45) is 13.7. The Labute approximate surface area is 477 Å². The zero-order valence-electron chi connectivity index (χ0n) is 44.1. The number of ether oxygens (including phenoxy) is 4. The lowest BCUT2D eigenvalue weighted by molar-refractivity contribution is -0.163. The number of hydrogen-bond donors (Lipinski definition) is 1. The third-order valence-electron chi connectivity index (χ3n) is 12.8. The monoisotopic (exact) mass is 1210 g/mol. The molecule has 2 aliphatic heterocycles. The molecule has 20 nitrogen and oxygen atoms in total. The van der Waals surface area contributed by atoms with Gasteiger partial charge in [-0.3, -0.25) is 38.2 Å². The van der Waals surface area contributed by atoms with Gasteiger partial charge in [0, 0.05) is 62.0 Å². The fourth-order valence-electron chi connectivity index (χ4n) is 9.08. The third-order valence-corrected chi connectivity index (χ3v) is 14.1. The summed E-state index contributed by atoms with van der Waals surface area (Å²) in [5, 5.41) is 2.22. The highest BCUT2D eigenvalue weighted by Crippen LogP contribution is 2.30.